The van der Waals surface area contributed by atoms with Gasteiger partial charge in [0.1, 0.15) is 16.9 Å². The molecule has 0 aliphatic rings. The molecular weight excluding hydrogens is 314 g/mol. The van der Waals surface area contributed by atoms with Crippen molar-refractivity contribution in [2.75, 3.05) is 32.2 Å². The van der Waals surface area contributed by atoms with Crippen molar-refractivity contribution in [3.05, 3.63) is 35.8 Å². The zero-order chi connectivity index (χ0) is 18.4. The Labute approximate surface area is 149 Å². The minimum atomic E-state index is 0.655. The average molecular weight is 341 g/mol. The lowest BCUT2D eigenvalue weighted by Crippen LogP contribution is -2.23. The predicted octanol–water partition coefficient (Wildman–Crippen LogP) is 3.75. The SMILES string of the molecule is CC.COCCN(C)c1cc(-c2ccc(C)nc2)c2n[nH]c(C)c2n1. The van der Waals surface area contributed by atoms with Gasteiger partial charge in [-0.3, -0.25) is 10.1 Å². The number of ether oxygens (including phenoxy) is 1. The number of nitrogens with one attached hydrogen (secondary N) is 1. The highest BCUT2D eigenvalue weighted by Gasteiger charge is 2.15. The number of rotatable bonds is 5. The lowest BCUT2D eigenvalue weighted by atomic mass is 10.1. The molecule has 6 nitrogen and oxygen atoms in total. The molecular formula is C19H27N5O. The van der Waals surface area contributed by atoms with Crippen molar-refractivity contribution >= 4 is 16.9 Å². The molecule has 1 N–H and O–H groups in total. The van der Waals surface area contributed by atoms with E-state index in [0.717, 1.165) is 45.9 Å². The van der Waals surface area contributed by atoms with E-state index in [2.05, 4.69) is 32.2 Å². The zero-order valence-electron chi connectivity index (χ0n) is 15.9. The Bertz CT molecular complexity index is 811. The number of aromatic nitrogens is 4. The highest BCUT2D eigenvalue weighted by Crippen LogP contribution is 2.30. The highest BCUT2D eigenvalue weighted by molar-refractivity contribution is 5.94. The molecule has 3 heterocycles. The van der Waals surface area contributed by atoms with Gasteiger partial charge in [0.2, 0.25) is 0 Å². The maximum Gasteiger partial charge on any atom is 0.129 e. The third kappa shape index (κ3) is 4.14. The number of hydrogen-bond donors (Lipinski definition) is 1. The first-order chi connectivity index (χ1) is 12.1. The Hall–Kier alpha value is -2.47. The number of fused-ring (bicyclic) bond motifs is 1. The molecule has 3 aromatic heterocycles. The maximum atomic E-state index is 5.16. The fraction of sp³-hybridized carbons (Fsp3) is 0.421. The molecule has 25 heavy (non-hydrogen) atoms. The molecule has 0 saturated carbocycles. The molecule has 0 atom stereocenters. The van der Waals surface area contributed by atoms with Crippen LogP contribution < -0.4 is 4.90 Å². The minimum absolute atomic E-state index is 0.655. The first kappa shape index (κ1) is 18.9. The van der Waals surface area contributed by atoms with Crippen molar-refractivity contribution in [1.82, 2.24) is 20.2 Å². The molecule has 3 rings (SSSR count). The summed E-state index contributed by atoms with van der Waals surface area (Å²) in [5.41, 5.74) is 5.79. The summed E-state index contributed by atoms with van der Waals surface area (Å²) in [7, 11) is 3.72. The van der Waals surface area contributed by atoms with E-state index in [1.54, 1.807) is 7.11 Å². The van der Waals surface area contributed by atoms with Crippen LogP contribution in [0.2, 0.25) is 0 Å². The van der Waals surface area contributed by atoms with Crippen LogP contribution >= 0.6 is 0 Å². The van der Waals surface area contributed by atoms with Gasteiger partial charge < -0.3 is 9.64 Å². The predicted molar refractivity (Wildman–Crippen MR) is 103 cm³/mol. The largest absolute Gasteiger partial charge is 0.383 e. The smallest absolute Gasteiger partial charge is 0.129 e. The van der Waals surface area contributed by atoms with Gasteiger partial charge in [0.05, 0.1) is 12.3 Å². The van der Waals surface area contributed by atoms with Gasteiger partial charge in [-0.15, -0.1) is 0 Å². The molecule has 0 aliphatic carbocycles. The summed E-state index contributed by atoms with van der Waals surface area (Å²) in [6.45, 7) is 9.40. The van der Waals surface area contributed by atoms with Gasteiger partial charge in [0, 0.05) is 43.7 Å². The maximum absolute atomic E-state index is 5.16. The van der Waals surface area contributed by atoms with Crippen LogP contribution in [0, 0.1) is 13.8 Å². The second kappa shape index (κ2) is 8.58. The Morgan fingerprint density at radius 2 is 1.92 bits per heavy atom. The van der Waals surface area contributed by atoms with Crippen molar-refractivity contribution in [2.45, 2.75) is 27.7 Å². The van der Waals surface area contributed by atoms with Crippen LogP contribution in [0.15, 0.2) is 24.4 Å². The fourth-order valence-electron chi connectivity index (χ4n) is 2.48. The number of aryl methyl sites for hydroxylation is 2. The second-order valence-electron chi connectivity index (χ2n) is 5.68. The van der Waals surface area contributed by atoms with Gasteiger partial charge in [-0.1, -0.05) is 19.9 Å². The van der Waals surface area contributed by atoms with E-state index < -0.39 is 0 Å². The van der Waals surface area contributed by atoms with Crippen LogP contribution in [-0.2, 0) is 4.74 Å². The third-order valence-electron chi connectivity index (χ3n) is 3.91. The van der Waals surface area contributed by atoms with Crippen molar-refractivity contribution in [1.29, 1.82) is 0 Å². The number of aromatic amines is 1. The second-order valence-corrected chi connectivity index (χ2v) is 5.68. The van der Waals surface area contributed by atoms with Crippen molar-refractivity contribution < 1.29 is 4.74 Å². The van der Waals surface area contributed by atoms with E-state index in [0.29, 0.717) is 6.61 Å². The zero-order valence-corrected chi connectivity index (χ0v) is 15.9. The van der Waals surface area contributed by atoms with Gasteiger partial charge in [-0.2, -0.15) is 5.10 Å². The quantitative estimate of drug-likeness (QED) is 0.765. The van der Waals surface area contributed by atoms with Gasteiger partial charge >= 0.3 is 0 Å². The number of hydrogen-bond acceptors (Lipinski definition) is 5. The average Bonchev–Trinajstić information content (AvgIpc) is 3.02. The molecule has 0 unspecified atom stereocenters. The Morgan fingerprint density at radius 3 is 2.56 bits per heavy atom. The summed E-state index contributed by atoms with van der Waals surface area (Å²) in [6.07, 6.45) is 1.88. The summed E-state index contributed by atoms with van der Waals surface area (Å²) < 4.78 is 5.16. The molecule has 0 amide bonds. The molecule has 0 radical (unpaired) electrons. The molecule has 0 aliphatic heterocycles. The molecule has 6 heteroatoms. The summed E-state index contributed by atoms with van der Waals surface area (Å²) in [5.74, 6) is 0.898. The minimum Gasteiger partial charge on any atom is -0.383 e. The molecule has 3 aromatic rings. The monoisotopic (exact) mass is 341 g/mol. The van der Waals surface area contributed by atoms with E-state index in [9.17, 15) is 0 Å². The van der Waals surface area contributed by atoms with E-state index in [1.165, 1.54) is 0 Å². The van der Waals surface area contributed by atoms with Gasteiger partial charge in [-0.05, 0) is 26.0 Å². The van der Waals surface area contributed by atoms with Crippen LogP contribution in [0.25, 0.3) is 22.2 Å². The molecule has 0 saturated heterocycles. The third-order valence-corrected chi connectivity index (χ3v) is 3.91. The standard InChI is InChI=1S/C17H21N5O.C2H6/c1-11-5-6-13(10-18-11)14-9-15(22(3)7-8-23-4)19-16-12(2)20-21-17(14)16;1-2/h5-6,9-10H,7-8H2,1-4H3,(H,20,21);1-2H3. The molecule has 0 bridgehead atoms. The van der Waals surface area contributed by atoms with E-state index in [1.807, 2.05) is 47.0 Å². The molecule has 0 fully saturated rings. The van der Waals surface area contributed by atoms with Gasteiger partial charge in [0.15, 0.2) is 0 Å². The molecule has 0 spiro atoms. The van der Waals surface area contributed by atoms with Crippen LogP contribution in [-0.4, -0.2) is 47.5 Å². The molecule has 0 aromatic carbocycles. The van der Waals surface area contributed by atoms with Crippen LogP contribution in [0.4, 0.5) is 5.82 Å². The van der Waals surface area contributed by atoms with E-state index in [4.69, 9.17) is 9.72 Å². The summed E-state index contributed by atoms with van der Waals surface area (Å²) >= 11 is 0. The lowest BCUT2D eigenvalue weighted by molar-refractivity contribution is 0.206. The molecule has 134 valence electrons. The number of anilines is 1. The first-order valence-electron chi connectivity index (χ1n) is 8.59. The van der Waals surface area contributed by atoms with Gasteiger partial charge in [-0.25, -0.2) is 4.98 Å². The van der Waals surface area contributed by atoms with E-state index >= 15 is 0 Å². The Morgan fingerprint density at radius 1 is 1.16 bits per heavy atom. The van der Waals surface area contributed by atoms with Gasteiger partial charge in [0.25, 0.3) is 0 Å². The number of likely N-dealkylation sites (N-methyl/N-ethyl adjacent to an activating group) is 1. The van der Waals surface area contributed by atoms with Crippen molar-refractivity contribution in [3.8, 4) is 11.1 Å². The highest BCUT2D eigenvalue weighted by atomic mass is 16.5. The number of H-pyrrole nitrogens is 1. The van der Waals surface area contributed by atoms with Crippen LogP contribution in [0.3, 0.4) is 0 Å². The summed E-state index contributed by atoms with van der Waals surface area (Å²) in [5, 5.41) is 7.45. The van der Waals surface area contributed by atoms with Crippen LogP contribution in [0.1, 0.15) is 25.2 Å². The summed E-state index contributed by atoms with van der Waals surface area (Å²) in [6, 6.07) is 6.14. The summed E-state index contributed by atoms with van der Waals surface area (Å²) in [4.78, 5) is 11.2. The topological polar surface area (TPSA) is 66.9 Å². The fourth-order valence-corrected chi connectivity index (χ4v) is 2.48. The number of pyridine rings is 2. The van der Waals surface area contributed by atoms with Crippen molar-refractivity contribution in [3.63, 3.8) is 0 Å². The first-order valence-corrected chi connectivity index (χ1v) is 8.59. The normalized spacial score (nSPS) is 10.5. The van der Waals surface area contributed by atoms with Crippen LogP contribution in [0.5, 0.6) is 0 Å². The Kier molecular flexibility index (Phi) is 6.47. The lowest BCUT2D eigenvalue weighted by Gasteiger charge is -2.18. The Balaban J connectivity index is 0.00000109. The number of nitrogens with zero attached hydrogens (tertiary/aromatic N) is 4. The van der Waals surface area contributed by atoms with E-state index in [-0.39, 0.29) is 0 Å². The van der Waals surface area contributed by atoms with Crippen molar-refractivity contribution in [2.24, 2.45) is 0 Å². The number of methoxy groups -OCH3 is 1.